The van der Waals surface area contributed by atoms with Gasteiger partial charge in [-0.2, -0.15) is 0 Å². The molecule has 0 radical (unpaired) electrons. The van der Waals surface area contributed by atoms with Gasteiger partial charge in [0, 0.05) is 33.1 Å². The third-order valence-electron chi connectivity index (χ3n) is 3.22. The van der Waals surface area contributed by atoms with Crippen molar-refractivity contribution >= 4 is 39.8 Å². The van der Waals surface area contributed by atoms with Crippen LogP contribution in [-0.4, -0.2) is 47.4 Å². The summed E-state index contributed by atoms with van der Waals surface area (Å²) in [4.78, 5) is 4.89. The van der Waals surface area contributed by atoms with Crippen molar-refractivity contribution in [3.8, 4) is 0 Å². The van der Waals surface area contributed by atoms with Crippen LogP contribution in [0.1, 0.15) is 24.5 Å². The SMILES string of the molecule is CCNC(=NCc1ccc(S(C)(=O)=O)c(C)c1)NCCCOC.I. The highest BCUT2D eigenvalue weighted by molar-refractivity contribution is 14.0. The lowest BCUT2D eigenvalue weighted by Gasteiger charge is -2.11. The quantitative estimate of drug-likeness (QED) is 0.264. The third-order valence-corrected chi connectivity index (χ3v) is 4.48. The first-order valence-corrected chi connectivity index (χ1v) is 9.58. The maximum Gasteiger partial charge on any atom is 0.191 e. The smallest absolute Gasteiger partial charge is 0.191 e. The Kier molecular flexibility index (Phi) is 11.2. The summed E-state index contributed by atoms with van der Waals surface area (Å²) in [5.41, 5.74) is 1.72. The second-order valence-corrected chi connectivity index (χ2v) is 7.32. The van der Waals surface area contributed by atoms with Crippen LogP contribution in [0.2, 0.25) is 0 Å². The van der Waals surface area contributed by atoms with Crippen LogP contribution >= 0.6 is 24.0 Å². The van der Waals surface area contributed by atoms with E-state index < -0.39 is 9.84 Å². The Balaban J connectivity index is 0.00000529. The zero-order valence-corrected chi connectivity index (χ0v) is 17.9. The molecular weight excluding hydrogens is 441 g/mol. The molecule has 0 heterocycles. The molecule has 24 heavy (non-hydrogen) atoms. The highest BCUT2D eigenvalue weighted by Crippen LogP contribution is 2.17. The minimum Gasteiger partial charge on any atom is -0.385 e. The minimum absolute atomic E-state index is 0. The first-order valence-electron chi connectivity index (χ1n) is 7.69. The molecule has 8 heteroatoms. The van der Waals surface area contributed by atoms with E-state index in [-0.39, 0.29) is 24.0 Å². The molecule has 0 aliphatic heterocycles. The van der Waals surface area contributed by atoms with Crippen LogP contribution in [0, 0.1) is 6.92 Å². The van der Waals surface area contributed by atoms with E-state index in [0.717, 1.165) is 36.6 Å². The lowest BCUT2D eigenvalue weighted by atomic mass is 10.1. The van der Waals surface area contributed by atoms with Crippen molar-refractivity contribution in [2.45, 2.75) is 31.7 Å². The van der Waals surface area contributed by atoms with Crippen LogP contribution in [0.15, 0.2) is 28.1 Å². The Morgan fingerprint density at radius 2 is 2.00 bits per heavy atom. The normalized spacial score (nSPS) is 11.8. The van der Waals surface area contributed by atoms with E-state index in [1.807, 2.05) is 13.0 Å². The number of ether oxygens (including phenoxy) is 1. The number of aliphatic imine (C=N–C) groups is 1. The highest BCUT2D eigenvalue weighted by Gasteiger charge is 2.10. The number of methoxy groups -OCH3 is 1. The molecule has 0 aromatic heterocycles. The summed E-state index contributed by atoms with van der Waals surface area (Å²) < 4.78 is 28.3. The molecule has 0 amide bonds. The van der Waals surface area contributed by atoms with Crippen molar-refractivity contribution in [2.24, 2.45) is 4.99 Å². The summed E-state index contributed by atoms with van der Waals surface area (Å²) in [5.74, 6) is 0.744. The number of rotatable bonds is 8. The Bertz CT molecular complexity index is 633. The fourth-order valence-electron chi connectivity index (χ4n) is 2.16. The largest absolute Gasteiger partial charge is 0.385 e. The van der Waals surface area contributed by atoms with E-state index in [4.69, 9.17) is 4.74 Å². The van der Waals surface area contributed by atoms with E-state index in [0.29, 0.717) is 18.0 Å². The van der Waals surface area contributed by atoms with Crippen LogP contribution in [0.4, 0.5) is 0 Å². The molecule has 2 N–H and O–H groups in total. The fourth-order valence-corrected chi connectivity index (χ4v) is 3.12. The van der Waals surface area contributed by atoms with Gasteiger partial charge in [0.25, 0.3) is 0 Å². The van der Waals surface area contributed by atoms with Crippen LogP contribution in [-0.2, 0) is 21.1 Å². The second kappa shape index (κ2) is 11.6. The molecule has 0 saturated heterocycles. The minimum atomic E-state index is -3.18. The molecule has 0 unspecified atom stereocenters. The number of nitrogens with zero attached hydrogens (tertiary/aromatic N) is 1. The fraction of sp³-hybridized carbons (Fsp3) is 0.562. The standard InChI is InChI=1S/C16H27N3O3S.HI/c1-5-17-16(18-9-6-10-22-3)19-12-14-7-8-15(13(2)11-14)23(4,20)21;/h7-8,11H,5-6,9-10,12H2,1-4H3,(H2,17,18,19);1H. The zero-order chi connectivity index (χ0) is 17.3. The Labute approximate surface area is 162 Å². The molecule has 0 bridgehead atoms. The molecule has 1 aromatic rings. The Morgan fingerprint density at radius 3 is 2.54 bits per heavy atom. The monoisotopic (exact) mass is 469 g/mol. The van der Waals surface area contributed by atoms with Gasteiger partial charge in [-0.3, -0.25) is 0 Å². The molecule has 138 valence electrons. The molecule has 1 aromatic carbocycles. The summed E-state index contributed by atoms with van der Waals surface area (Å²) in [6, 6.07) is 5.32. The van der Waals surface area contributed by atoms with Gasteiger partial charge in [-0.25, -0.2) is 13.4 Å². The molecule has 0 saturated carbocycles. The molecule has 0 atom stereocenters. The molecule has 0 aliphatic rings. The number of guanidine groups is 1. The molecule has 1 rings (SSSR count). The van der Waals surface area contributed by atoms with Gasteiger partial charge in [-0.1, -0.05) is 12.1 Å². The number of hydrogen-bond donors (Lipinski definition) is 2. The maximum absolute atomic E-state index is 11.6. The van der Waals surface area contributed by atoms with Crippen molar-refractivity contribution in [2.75, 3.05) is 33.1 Å². The zero-order valence-electron chi connectivity index (χ0n) is 14.8. The summed E-state index contributed by atoms with van der Waals surface area (Å²) in [6.07, 6.45) is 2.13. The molecule has 0 spiro atoms. The van der Waals surface area contributed by atoms with Crippen LogP contribution in [0.3, 0.4) is 0 Å². The van der Waals surface area contributed by atoms with E-state index in [9.17, 15) is 8.42 Å². The van der Waals surface area contributed by atoms with E-state index in [2.05, 4.69) is 15.6 Å². The number of benzene rings is 1. The average molecular weight is 469 g/mol. The van der Waals surface area contributed by atoms with Crippen LogP contribution < -0.4 is 10.6 Å². The van der Waals surface area contributed by atoms with Gasteiger partial charge in [-0.05, 0) is 37.5 Å². The van der Waals surface area contributed by atoms with Gasteiger partial charge in [0.2, 0.25) is 0 Å². The van der Waals surface area contributed by atoms with Crippen molar-refractivity contribution in [1.82, 2.24) is 10.6 Å². The van der Waals surface area contributed by atoms with Crippen molar-refractivity contribution in [3.05, 3.63) is 29.3 Å². The molecular formula is C16H28IN3O3S. The second-order valence-electron chi connectivity index (χ2n) is 5.34. The topological polar surface area (TPSA) is 79.8 Å². The molecule has 0 fully saturated rings. The van der Waals surface area contributed by atoms with E-state index in [1.165, 1.54) is 6.26 Å². The van der Waals surface area contributed by atoms with Gasteiger partial charge < -0.3 is 15.4 Å². The predicted molar refractivity (Wildman–Crippen MR) is 109 cm³/mol. The Hall–Kier alpha value is -0.870. The first kappa shape index (κ1) is 23.1. The first-order chi connectivity index (χ1) is 10.9. The van der Waals surface area contributed by atoms with Gasteiger partial charge in [0.1, 0.15) is 0 Å². The van der Waals surface area contributed by atoms with Crippen molar-refractivity contribution < 1.29 is 13.2 Å². The average Bonchev–Trinajstić information content (AvgIpc) is 2.47. The number of aryl methyl sites for hydroxylation is 1. The van der Waals surface area contributed by atoms with Gasteiger partial charge >= 0.3 is 0 Å². The Morgan fingerprint density at radius 1 is 1.29 bits per heavy atom. The van der Waals surface area contributed by atoms with Crippen LogP contribution in [0.5, 0.6) is 0 Å². The maximum atomic E-state index is 11.6. The summed E-state index contributed by atoms with van der Waals surface area (Å²) in [5, 5.41) is 6.42. The number of halogens is 1. The molecule has 6 nitrogen and oxygen atoms in total. The summed E-state index contributed by atoms with van der Waals surface area (Å²) in [7, 11) is -1.50. The summed E-state index contributed by atoms with van der Waals surface area (Å²) in [6.45, 7) is 6.58. The van der Waals surface area contributed by atoms with E-state index in [1.54, 1.807) is 26.2 Å². The van der Waals surface area contributed by atoms with Gasteiger partial charge in [0.05, 0.1) is 11.4 Å². The van der Waals surface area contributed by atoms with Crippen LogP contribution in [0.25, 0.3) is 0 Å². The number of nitrogens with one attached hydrogen (secondary N) is 2. The number of sulfone groups is 1. The third kappa shape index (κ3) is 8.29. The molecule has 0 aliphatic carbocycles. The highest BCUT2D eigenvalue weighted by atomic mass is 127. The lowest BCUT2D eigenvalue weighted by Crippen LogP contribution is -2.38. The van der Waals surface area contributed by atoms with Crippen molar-refractivity contribution in [1.29, 1.82) is 0 Å². The van der Waals surface area contributed by atoms with E-state index >= 15 is 0 Å². The van der Waals surface area contributed by atoms with Gasteiger partial charge in [0.15, 0.2) is 15.8 Å². The lowest BCUT2D eigenvalue weighted by molar-refractivity contribution is 0.195. The number of hydrogen-bond acceptors (Lipinski definition) is 4. The van der Waals surface area contributed by atoms with Crippen molar-refractivity contribution in [3.63, 3.8) is 0 Å². The summed E-state index contributed by atoms with van der Waals surface area (Å²) >= 11 is 0. The van der Waals surface area contributed by atoms with Gasteiger partial charge in [-0.15, -0.1) is 24.0 Å². The predicted octanol–water partition coefficient (Wildman–Crippen LogP) is 2.11.